The third-order valence-electron chi connectivity index (χ3n) is 2.26. The van der Waals surface area contributed by atoms with E-state index in [4.69, 9.17) is 0 Å². The maximum Gasteiger partial charge on any atom is 0.501 e. The van der Waals surface area contributed by atoms with Gasteiger partial charge in [-0.2, -0.15) is 13.2 Å². The van der Waals surface area contributed by atoms with Crippen molar-refractivity contribution in [2.45, 2.75) is 10.4 Å². The Morgan fingerprint density at radius 1 is 1.06 bits per heavy atom. The molecule has 0 fully saturated rings. The second-order valence-electron chi connectivity index (χ2n) is 3.34. The summed E-state index contributed by atoms with van der Waals surface area (Å²) in [5.74, 6) is 0. The molecule has 2 aromatic carbocycles. The molecule has 2 aromatic rings. The van der Waals surface area contributed by atoms with Crippen molar-refractivity contribution >= 4 is 20.6 Å². The lowest BCUT2D eigenvalue weighted by atomic mass is 10.1. The molecule has 0 saturated heterocycles. The van der Waals surface area contributed by atoms with Gasteiger partial charge >= 0.3 is 5.51 Å². The highest BCUT2D eigenvalue weighted by Crippen LogP contribution is 2.33. The van der Waals surface area contributed by atoms with Crippen LogP contribution in [0.1, 0.15) is 0 Å². The minimum atomic E-state index is -5.36. The average Bonchev–Trinajstić information content (AvgIpc) is 2.26. The molecule has 0 unspecified atom stereocenters. The monoisotopic (exact) mass is 259 g/mol. The second-order valence-corrected chi connectivity index (χ2v) is 5.22. The molecule has 0 bridgehead atoms. The van der Waals surface area contributed by atoms with Crippen molar-refractivity contribution in [1.82, 2.24) is 0 Å². The Hall–Kier alpha value is -1.56. The highest BCUT2D eigenvalue weighted by Gasteiger charge is 2.47. The van der Waals surface area contributed by atoms with E-state index in [2.05, 4.69) is 6.07 Å². The number of benzene rings is 2. The van der Waals surface area contributed by atoms with E-state index in [1.165, 1.54) is 24.3 Å². The first-order valence-electron chi connectivity index (χ1n) is 4.55. The molecule has 0 saturated carbocycles. The zero-order chi connectivity index (χ0) is 12.7. The van der Waals surface area contributed by atoms with Gasteiger partial charge in [0.25, 0.3) is 9.84 Å². The summed E-state index contributed by atoms with van der Waals surface area (Å²) in [5.41, 5.74) is -5.31. The van der Waals surface area contributed by atoms with Crippen LogP contribution in [0.15, 0.2) is 41.3 Å². The molecule has 0 aromatic heterocycles. The smallest absolute Gasteiger partial charge is 0.214 e. The Kier molecular flexibility index (Phi) is 2.61. The largest absolute Gasteiger partial charge is 0.501 e. The summed E-state index contributed by atoms with van der Waals surface area (Å²) >= 11 is 0. The van der Waals surface area contributed by atoms with Crippen LogP contribution in [-0.2, 0) is 9.84 Å². The molecule has 2 rings (SSSR count). The summed E-state index contributed by atoms with van der Waals surface area (Å²) in [6, 6.07) is 10.8. The summed E-state index contributed by atoms with van der Waals surface area (Å²) in [5, 5.41) is 0.446. The number of halogens is 3. The highest BCUT2D eigenvalue weighted by atomic mass is 32.2. The van der Waals surface area contributed by atoms with Gasteiger partial charge < -0.3 is 0 Å². The number of rotatable bonds is 1. The van der Waals surface area contributed by atoms with Gasteiger partial charge in [0, 0.05) is 11.5 Å². The van der Waals surface area contributed by atoms with Crippen molar-refractivity contribution in [3.63, 3.8) is 0 Å². The molecule has 0 heterocycles. The molecule has 6 heteroatoms. The molecule has 1 radical (unpaired) electrons. The van der Waals surface area contributed by atoms with E-state index >= 15 is 0 Å². The zero-order valence-electron chi connectivity index (χ0n) is 8.32. The predicted molar refractivity (Wildman–Crippen MR) is 56.0 cm³/mol. The number of hydrogen-bond acceptors (Lipinski definition) is 2. The Balaban J connectivity index is 2.82. The summed E-state index contributed by atoms with van der Waals surface area (Å²) in [6.07, 6.45) is 0. The van der Waals surface area contributed by atoms with Gasteiger partial charge in [0.15, 0.2) is 0 Å². The summed E-state index contributed by atoms with van der Waals surface area (Å²) in [7, 11) is -5.36. The lowest BCUT2D eigenvalue weighted by Gasteiger charge is -2.10. The fourth-order valence-electron chi connectivity index (χ4n) is 1.47. The summed E-state index contributed by atoms with van der Waals surface area (Å²) in [6.45, 7) is 0. The van der Waals surface area contributed by atoms with Crippen LogP contribution in [0.25, 0.3) is 10.8 Å². The first-order chi connectivity index (χ1) is 7.84. The third-order valence-corrected chi connectivity index (χ3v) is 3.74. The minimum absolute atomic E-state index is 0.0207. The van der Waals surface area contributed by atoms with Gasteiger partial charge in [-0.15, -0.1) is 0 Å². The summed E-state index contributed by atoms with van der Waals surface area (Å²) < 4.78 is 59.9. The fourth-order valence-corrected chi connectivity index (χ4v) is 2.40. The van der Waals surface area contributed by atoms with E-state index in [0.29, 0.717) is 5.39 Å². The highest BCUT2D eigenvalue weighted by molar-refractivity contribution is 7.92. The average molecular weight is 259 g/mol. The first-order valence-corrected chi connectivity index (χ1v) is 6.03. The Bertz CT molecular complexity index is 654. The molecule has 0 atom stereocenters. The molecule has 0 aliphatic carbocycles. The van der Waals surface area contributed by atoms with Gasteiger partial charge in [-0.25, -0.2) is 8.42 Å². The van der Waals surface area contributed by atoms with Crippen LogP contribution in [0.4, 0.5) is 13.2 Å². The van der Waals surface area contributed by atoms with E-state index in [1.54, 1.807) is 12.1 Å². The SMILES string of the molecule is O=S(=O)(c1[c]ccc2ccccc12)C(F)(F)F. The van der Waals surface area contributed by atoms with Gasteiger partial charge in [0.2, 0.25) is 0 Å². The van der Waals surface area contributed by atoms with Crippen LogP contribution < -0.4 is 0 Å². The number of sulfone groups is 1. The lowest BCUT2D eigenvalue weighted by molar-refractivity contribution is -0.0435. The molecule has 0 aliphatic rings. The van der Waals surface area contributed by atoms with Gasteiger partial charge in [-0.05, 0) is 5.39 Å². The minimum Gasteiger partial charge on any atom is -0.214 e. The van der Waals surface area contributed by atoms with Crippen LogP contribution in [-0.4, -0.2) is 13.9 Å². The molecular weight excluding hydrogens is 253 g/mol. The third kappa shape index (κ3) is 1.88. The number of fused-ring (bicyclic) bond motifs is 1. The lowest BCUT2D eigenvalue weighted by Crippen LogP contribution is -2.23. The number of alkyl halides is 3. The van der Waals surface area contributed by atoms with Crippen LogP contribution >= 0.6 is 0 Å². The molecule has 0 spiro atoms. The van der Waals surface area contributed by atoms with Crippen molar-refractivity contribution in [2.24, 2.45) is 0 Å². The van der Waals surface area contributed by atoms with Gasteiger partial charge in [0.05, 0.1) is 4.90 Å². The van der Waals surface area contributed by atoms with E-state index < -0.39 is 20.2 Å². The van der Waals surface area contributed by atoms with Gasteiger partial charge in [-0.3, -0.25) is 0 Å². The Labute approximate surface area is 95.6 Å². The molecule has 0 amide bonds. The fraction of sp³-hybridized carbons (Fsp3) is 0.0909. The molecule has 17 heavy (non-hydrogen) atoms. The van der Waals surface area contributed by atoms with Crippen LogP contribution in [0, 0.1) is 6.07 Å². The van der Waals surface area contributed by atoms with E-state index in [1.807, 2.05) is 0 Å². The zero-order valence-corrected chi connectivity index (χ0v) is 9.14. The Morgan fingerprint density at radius 2 is 1.71 bits per heavy atom. The first kappa shape index (κ1) is 11.9. The number of hydrogen-bond donors (Lipinski definition) is 0. The Morgan fingerprint density at radius 3 is 2.35 bits per heavy atom. The van der Waals surface area contributed by atoms with E-state index in [0.717, 1.165) is 0 Å². The van der Waals surface area contributed by atoms with Gasteiger partial charge in [-0.1, -0.05) is 36.4 Å². The van der Waals surface area contributed by atoms with Crippen molar-refractivity contribution < 1.29 is 21.6 Å². The van der Waals surface area contributed by atoms with Gasteiger partial charge in [0.1, 0.15) is 0 Å². The van der Waals surface area contributed by atoms with E-state index in [9.17, 15) is 21.6 Å². The van der Waals surface area contributed by atoms with Crippen molar-refractivity contribution in [2.75, 3.05) is 0 Å². The molecular formula is C11H6F3O2S. The standard InChI is InChI=1S/C11H6F3O2S/c12-11(13,14)17(15,16)10-7-3-5-8-4-1-2-6-9(8)10/h1-6H. The van der Waals surface area contributed by atoms with Crippen molar-refractivity contribution in [1.29, 1.82) is 0 Å². The van der Waals surface area contributed by atoms with Crippen molar-refractivity contribution in [3.8, 4) is 0 Å². The molecule has 89 valence electrons. The predicted octanol–water partition coefficient (Wildman–Crippen LogP) is 2.93. The van der Waals surface area contributed by atoms with E-state index in [-0.39, 0.29) is 5.39 Å². The van der Waals surface area contributed by atoms with Crippen LogP contribution in [0.2, 0.25) is 0 Å². The molecule has 0 aliphatic heterocycles. The van der Waals surface area contributed by atoms with Crippen molar-refractivity contribution in [3.05, 3.63) is 42.5 Å². The second kappa shape index (κ2) is 3.73. The maximum absolute atomic E-state index is 12.4. The summed E-state index contributed by atoms with van der Waals surface area (Å²) in [4.78, 5) is -0.830. The maximum atomic E-state index is 12.4. The topological polar surface area (TPSA) is 34.1 Å². The molecule has 0 N–H and O–H groups in total. The normalized spacial score (nSPS) is 12.9. The molecule has 2 nitrogen and oxygen atoms in total. The quantitative estimate of drug-likeness (QED) is 0.789. The van der Waals surface area contributed by atoms with Crippen LogP contribution in [0.3, 0.4) is 0 Å². The van der Waals surface area contributed by atoms with Crippen LogP contribution in [0.5, 0.6) is 0 Å².